The van der Waals surface area contributed by atoms with E-state index in [1.165, 1.54) is 6.08 Å². The fourth-order valence-corrected chi connectivity index (χ4v) is 1.01. The molecule has 5 heteroatoms. The summed E-state index contributed by atoms with van der Waals surface area (Å²) in [5.41, 5.74) is 0.618. The highest BCUT2D eigenvalue weighted by atomic mass is 28.2. The van der Waals surface area contributed by atoms with Gasteiger partial charge in [-0.05, 0) is 6.07 Å². The average Bonchev–Trinajstić information content (AvgIpc) is 2.28. The van der Waals surface area contributed by atoms with Crippen LogP contribution in [0.1, 0.15) is 5.56 Å². The van der Waals surface area contributed by atoms with Gasteiger partial charge in [-0.2, -0.15) is 0 Å². The molecule has 0 atom stereocenters. The first-order chi connectivity index (χ1) is 7.19. The molecular weight excluding hydrogens is 212 g/mol. The highest BCUT2D eigenvalue weighted by Crippen LogP contribution is 2.18. The molecule has 0 saturated carbocycles. The highest BCUT2D eigenvalue weighted by Gasteiger charge is 2.17. The molecule has 3 radical (unpaired) electrons. The predicted octanol–water partition coefficient (Wildman–Crippen LogP) is 0.862. The number of carbonyl (C=O) groups is 2. The molecule has 0 aliphatic rings. The lowest BCUT2D eigenvalue weighted by Crippen LogP contribution is -2.22. The monoisotopic (exact) mass is 219 g/mol. The standard InChI is InChI=1S/C10H7O4Si/c1-2-7-5-3-4-6-8(7)13-9(11)10(12)14-15/h2-6H,1H2. The summed E-state index contributed by atoms with van der Waals surface area (Å²) in [4.78, 5) is 21.8. The fraction of sp³-hybridized carbons (Fsp3) is 0. The number of carbonyl (C=O) groups excluding carboxylic acids is 2. The average molecular weight is 219 g/mol. The van der Waals surface area contributed by atoms with Gasteiger partial charge in [0, 0.05) is 5.56 Å². The van der Waals surface area contributed by atoms with Gasteiger partial charge >= 0.3 is 22.4 Å². The van der Waals surface area contributed by atoms with Crippen LogP contribution in [0.5, 0.6) is 5.75 Å². The summed E-state index contributed by atoms with van der Waals surface area (Å²) in [6.07, 6.45) is 1.52. The molecule has 15 heavy (non-hydrogen) atoms. The zero-order chi connectivity index (χ0) is 11.3. The molecule has 0 aromatic heterocycles. The zero-order valence-electron chi connectivity index (χ0n) is 7.73. The minimum atomic E-state index is -1.12. The molecule has 0 spiro atoms. The number of rotatable bonds is 2. The Hall–Kier alpha value is -1.88. The molecule has 1 aromatic rings. The van der Waals surface area contributed by atoms with Gasteiger partial charge in [-0.25, -0.2) is 9.59 Å². The molecular formula is C10H7O4Si. The molecule has 0 aliphatic heterocycles. The summed E-state index contributed by atoms with van der Waals surface area (Å²) in [6, 6.07) is 6.69. The third-order valence-corrected chi connectivity index (χ3v) is 1.79. The zero-order valence-corrected chi connectivity index (χ0v) is 8.73. The van der Waals surface area contributed by atoms with Crippen molar-refractivity contribution in [3.63, 3.8) is 0 Å². The van der Waals surface area contributed by atoms with Crippen molar-refractivity contribution < 1.29 is 18.8 Å². The van der Waals surface area contributed by atoms with Crippen molar-refractivity contribution in [2.45, 2.75) is 0 Å². The normalized spacial score (nSPS) is 9.13. The minimum absolute atomic E-state index is 0.259. The van der Waals surface area contributed by atoms with Crippen molar-refractivity contribution in [2.75, 3.05) is 0 Å². The summed E-state index contributed by atoms with van der Waals surface area (Å²) < 4.78 is 8.80. The van der Waals surface area contributed by atoms with E-state index in [-0.39, 0.29) is 5.75 Å². The van der Waals surface area contributed by atoms with Crippen LogP contribution < -0.4 is 4.74 Å². The number of hydrogen-bond donors (Lipinski definition) is 0. The van der Waals surface area contributed by atoms with Crippen LogP contribution in [0, 0.1) is 0 Å². The van der Waals surface area contributed by atoms with E-state index in [1.54, 1.807) is 24.3 Å². The molecule has 0 aliphatic carbocycles. The Morgan fingerprint density at radius 1 is 1.27 bits per heavy atom. The molecule has 0 amide bonds. The summed E-state index contributed by atoms with van der Waals surface area (Å²) >= 11 is 0. The molecule has 0 saturated heterocycles. The largest absolute Gasteiger partial charge is 0.508 e. The molecule has 0 N–H and O–H groups in total. The second-order valence-corrected chi connectivity index (χ2v) is 2.73. The smallest absolute Gasteiger partial charge is 0.421 e. The van der Waals surface area contributed by atoms with Gasteiger partial charge in [0.2, 0.25) is 0 Å². The van der Waals surface area contributed by atoms with Gasteiger partial charge in [0.1, 0.15) is 5.75 Å². The molecule has 75 valence electrons. The predicted molar refractivity (Wildman–Crippen MR) is 54.0 cm³/mol. The molecule has 0 heterocycles. The number of hydrogen-bond acceptors (Lipinski definition) is 4. The van der Waals surface area contributed by atoms with E-state index in [0.717, 1.165) is 0 Å². The second-order valence-electron chi connectivity index (χ2n) is 2.52. The van der Waals surface area contributed by atoms with Crippen molar-refractivity contribution in [3.8, 4) is 5.75 Å². The van der Waals surface area contributed by atoms with Gasteiger partial charge < -0.3 is 9.16 Å². The molecule has 0 fully saturated rings. The number of esters is 1. The maximum atomic E-state index is 11.0. The van der Waals surface area contributed by atoms with Gasteiger partial charge in [-0.1, -0.05) is 30.9 Å². The Labute approximate surface area is 90.0 Å². The Morgan fingerprint density at radius 3 is 2.53 bits per heavy atom. The van der Waals surface area contributed by atoms with Gasteiger partial charge in [-0.15, -0.1) is 0 Å². The van der Waals surface area contributed by atoms with Crippen molar-refractivity contribution in [2.24, 2.45) is 0 Å². The van der Waals surface area contributed by atoms with E-state index < -0.39 is 11.9 Å². The van der Waals surface area contributed by atoms with Crippen molar-refractivity contribution >= 4 is 28.5 Å². The first-order valence-corrected chi connectivity index (χ1v) is 4.41. The van der Waals surface area contributed by atoms with E-state index in [2.05, 4.69) is 21.5 Å². The topological polar surface area (TPSA) is 52.6 Å². The summed E-state index contributed by atoms with van der Waals surface area (Å²) in [5, 5.41) is 0. The van der Waals surface area contributed by atoms with E-state index >= 15 is 0 Å². The van der Waals surface area contributed by atoms with E-state index in [4.69, 9.17) is 4.74 Å². The molecule has 1 rings (SSSR count). The summed E-state index contributed by atoms with van der Waals surface area (Å²) in [6.45, 7) is 3.55. The van der Waals surface area contributed by atoms with Crippen LogP contribution in [0.4, 0.5) is 0 Å². The SMILES string of the molecule is C=Cc1ccccc1OC(=O)C(=O)O[Si]. The Kier molecular flexibility index (Phi) is 3.81. The van der Waals surface area contributed by atoms with Crippen LogP contribution in [0.25, 0.3) is 6.08 Å². The Balaban J connectivity index is 2.85. The van der Waals surface area contributed by atoms with Gasteiger partial charge in [0.05, 0.1) is 0 Å². The quantitative estimate of drug-likeness (QED) is 0.320. The van der Waals surface area contributed by atoms with Crippen LogP contribution in [0.15, 0.2) is 30.8 Å². The van der Waals surface area contributed by atoms with Crippen LogP contribution in [-0.2, 0) is 14.0 Å². The third kappa shape index (κ3) is 2.78. The summed E-state index contributed by atoms with van der Waals surface area (Å²) in [7, 11) is 2.44. The maximum Gasteiger partial charge on any atom is 0.421 e. The number of benzene rings is 1. The van der Waals surface area contributed by atoms with Gasteiger partial charge in [0.25, 0.3) is 0 Å². The molecule has 0 bridgehead atoms. The second kappa shape index (κ2) is 5.11. The Bertz CT molecular complexity index is 400. The summed E-state index contributed by atoms with van der Waals surface area (Å²) in [5.74, 6) is -1.96. The lowest BCUT2D eigenvalue weighted by molar-refractivity contribution is -0.156. The van der Waals surface area contributed by atoms with Crippen LogP contribution in [0.2, 0.25) is 0 Å². The lowest BCUT2D eigenvalue weighted by Gasteiger charge is -2.05. The minimum Gasteiger partial charge on any atom is -0.508 e. The Morgan fingerprint density at radius 2 is 1.93 bits per heavy atom. The lowest BCUT2D eigenvalue weighted by atomic mass is 10.2. The van der Waals surface area contributed by atoms with E-state index in [0.29, 0.717) is 5.56 Å². The first kappa shape index (κ1) is 11.2. The first-order valence-electron chi connectivity index (χ1n) is 4.00. The van der Waals surface area contributed by atoms with Crippen molar-refractivity contribution in [1.29, 1.82) is 0 Å². The number of para-hydroxylation sites is 1. The third-order valence-electron chi connectivity index (χ3n) is 1.60. The molecule has 4 nitrogen and oxygen atoms in total. The van der Waals surface area contributed by atoms with E-state index in [9.17, 15) is 9.59 Å². The molecule has 0 unspecified atom stereocenters. The highest BCUT2D eigenvalue weighted by molar-refractivity contribution is 6.34. The van der Waals surface area contributed by atoms with Crippen LogP contribution in [-0.4, -0.2) is 22.4 Å². The van der Waals surface area contributed by atoms with Crippen LogP contribution in [0.3, 0.4) is 0 Å². The van der Waals surface area contributed by atoms with E-state index in [1.807, 2.05) is 0 Å². The van der Waals surface area contributed by atoms with Crippen molar-refractivity contribution in [1.82, 2.24) is 0 Å². The van der Waals surface area contributed by atoms with Gasteiger partial charge in [0.15, 0.2) is 0 Å². The fourth-order valence-electron chi connectivity index (χ4n) is 0.925. The number of ether oxygens (including phenoxy) is 1. The molecule has 1 aromatic carbocycles. The maximum absolute atomic E-state index is 11.0. The van der Waals surface area contributed by atoms with Crippen LogP contribution >= 0.6 is 0 Å². The van der Waals surface area contributed by atoms with Gasteiger partial charge in [-0.3, -0.25) is 0 Å². The van der Waals surface area contributed by atoms with Crippen molar-refractivity contribution in [3.05, 3.63) is 36.4 Å².